The molecule has 0 aromatic heterocycles. The second-order valence-corrected chi connectivity index (χ2v) is 7.29. The Morgan fingerprint density at radius 3 is 2.59 bits per heavy atom. The maximum absolute atomic E-state index is 12.9. The number of likely N-dealkylation sites (N-methyl/N-ethyl adjacent to an activating group) is 1. The Bertz CT molecular complexity index is 753. The summed E-state index contributed by atoms with van der Waals surface area (Å²) in [7, 11) is 3.98. The topological polar surface area (TPSA) is 53.1 Å². The molecule has 6 heteroatoms. The Morgan fingerprint density at radius 2 is 2.00 bits per heavy atom. The van der Waals surface area contributed by atoms with E-state index in [0.717, 1.165) is 17.9 Å². The number of hydrogen-bond acceptors (Lipinski definition) is 4. The molecule has 3 amide bonds. The monoisotopic (exact) mass is 371 g/mol. The summed E-state index contributed by atoms with van der Waals surface area (Å²) in [5.41, 5.74) is 0.478. The zero-order valence-electron chi connectivity index (χ0n) is 16.9. The minimum Gasteiger partial charge on any atom is -0.492 e. The van der Waals surface area contributed by atoms with Crippen molar-refractivity contribution >= 4 is 11.9 Å². The zero-order valence-corrected chi connectivity index (χ0v) is 16.9. The first-order valence-electron chi connectivity index (χ1n) is 9.03. The lowest BCUT2D eigenvalue weighted by Crippen LogP contribution is -2.43. The van der Waals surface area contributed by atoms with E-state index < -0.39 is 5.54 Å². The molecule has 146 valence electrons. The first-order chi connectivity index (χ1) is 12.7. The van der Waals surface area contributed by atoms with Gasteiger partial charge in [-0.15, -0.1) is 0 Å². The van der Waals surface area contributed by atoms with Gasteiger partial charge in [-0.05, 0) is 58.6 Å². The fraction of sp³-hybridized carbons (Fsp3) is 0.429. The highest BCUT2D eigenvalue weighted by Gasteiger charge is 2.51. The lowest BCUT2D eigenvalue weighted by Gasteiger charge is -2.27. The van der Waals surface area contributed by atoms with Crippen LogP contribution < -0.4 is 4.74 Å². The quantitative estimate of drug-likeness (QED) is 0.520. The van der Waals surface area contributed by atoms with Crippen LogP contribution in [0.25, 0.3) is 0 Å². The second-order valence-electron chi connectivity index (χ2n) is 7.29. The van der Waals surface area contributed by atoms with Crippen molar-refractivity contribution in [2.24, 2.45) is 0 Å². The third-order valence-corrected chi connectivity index (χ3v) is 4.63. The summed E-state index contributed by atoms with van der Waals surface area (Å²) < 4.78 is 5.77. The summed E-state index contributed by atoms with van der Waals surface area (Å²) >= 11 is 0. The minimum atomic E-state index is -0.934. The highest BCUT2D eigenvalue weighted by molar-refractivity contribution is 6.08. The van der Waals surface area contributed by atoms with Gasteiger partial charge in [0.2, 0.25) is 0 Å². The molecule has 1 fully saturated rings. The molecule has 0 unspecified atom stereocenters. The lowest BCUT2D eigenvalue weighted by molar-refractivity contribution is -0.130. The molecule has 0 spiro atoms. The number of rotatable bonds is 8. The van der Waals surface area contributed by atoms with Crippen LogP contribution in [0.1, 0.15) is 26.3 Å². The van der Waals surface area contributed by atoms with Crippen molar-refractivity contribution in [3.63, 3.8) is 0 Å². The largest absolute Gasteiger partial charge is 0.492 e. The van der Waals surface area contributed by atoms with E-state index >= 15 is 0 Å². The molecule has 1 heterocycles. The third kappa shape index (κ3) is 4.39. The summed E-state index contributed by atoms with van der Waals surface area (Å²) in [6.45, 7) is 10.7. The van der Waals surface area contributed by atoms with Gasteiger partial charge < -0.3 is 14.5 Å². The van der Waals surface area contributed by atoms with Gasteiger partial charge in [0.05, 0.1) is 0 Å². The van der Waals surface area contributed by atoms with E-state index in [2.05, 4.69) is 6.58 Å². The van der Waals surface area contributed by atoms with Crippen LogP contribution in [-0.2, 0) is 11.3 Å². The zero-order chi connectivity index (χ0) is 20.2. The number of benzene rings is 1. The molecule has 1 aliphatic heterocycles. The maximum Gasteiger partial charge on any atom is 0.332 e. The summed E-state index contributed by atoms with van der Waals surface area (Å²) in [6.07, 6.45) is 3.23. The van der Waals surface area contributed by atoms with E-state index in [0.29, 0.717) is 18.8 Å². The number of imide groups is 1. The first-order valence-corrected chi connectivity index (χ1v) is 9.03. The SMILES string of the molecule is C=C/C(=C\C)N1C(=O)N(Cc2cccc(OCCN(C)C)c2)C(C)(C)C1=O. The van der Waals surface area contributed by atoms with Crippen molar-refractivity contribution in [3.8, 4) is 5.75 Å². The molecular weight excluding hydrogens is 342 g/mol. The molecule has 27 heavy (non-hydrogen) atoms. The number of amides is 3. The highest BCUT2D eigenvalue weighted by atomic mass is 16.5. The summed E-state index contributed by atoms with van der Waals surface area (Å²) in [4.78, 5) is 30.6. The smallest absolute Gasteiger partial charge is 0.332 e. The molecule has 0 N–H and O–H groups in total. The van der Waals surface area contributed by atoms with Crippen LogP contribution in [0.4, 0.5) is 4.79 Å². The fourth-order valence-corrected chi connectivity index (χ4v) is 2.93. The third-order valence-electron chi connectivity index (χ3n) is 4.63. The molecular formula is C21H29N3O3. The number of nitrogens with zero attached hydrogens (tertiary/aromatic N) is 3. The van der Waals surface area contributed by atoms with E-state index in [9.17, 15) is 9.59 Å². The molecule has 0 aliphatic carbocycles. The second kappa shape index (κ2) is 8.39. The van der Waals surface area contributed by atoms with Gasteiger partial charge in [-0.1, -0.05) is 24.8 Å². The van der Waals surface area contributed by atoms with Gasteiger partial charge in [0.25, 0.3) is 5.91 Å². The van der Waals surface area contributed by atoms with Gasteiger partial charge in [-0.2, -0.15) is 0 Å². The van der Waals surface area contributed by atoms with Gasteiger partial charge in [-0.25, -0.2) is 9.69 Å². The molecule has 0 bridgehead atoms. The van der Waals surface area contributed by atoms with E-state index in [1.807, 2.05) is 43.3 Å². The van der Waals surface area contributed by atoms with E-state index in [1.165, 1.54) is 11.0 Å². The Balaban J connectivity index is 2.20. The van der Waals surface area contributed by atoms with E-state index in [1.54, 1.807) is 31.7 Å². The van der Waals surface area contributed by atoms with Crippen molar-refractivity contribution < 1.29 is 14.3 Å². The highest BCUT2D eigenvalue weighted by Crippen LogP contribution is 2.32. The van der Waals surface area contributed by atoms with Crippen LogP contribution in [0, 0.1) is 0 Å². The van der Waals surface area contributed by atoms with Crippen LogP contribution in [0.15, 0.2) is 48.7 Å². The van der Waals surface area contributed by atoms with Crippen molar-refractivity contribution in [2.45, 2.75) is 32.9 Å². The summed E-state index contributed by atoms with van der Waals surface area (Å²) in [6, 6.07) is 7.30. The predicted octanol–water partition coefficient (Wildman–Crippen LogP) is 3.26. The molecule has 6 nitrogen and oxygen atoms in total. The van der Waals surface area contributed by atoms with Crippen LogP contribution in [0.2, 0.25) is 0 Å². The van der Waals surface area contributed by atoms with Crippen LogP contribution in [0.5, 0.6) is 5.75 Å². The summed E-state index contributed by atoms with van der Waals surface area (Å²) in [5.74, 6) is 0.501. The maximum atomic E-state index is 12.9. The van der Waals surface area contributed by atoms with Gasteiger partial charge in [0, 0.05) is 18.8 Å². The van der Waals surface area contributed by atoms with E-state index in [-0.39, 0.29) is 11.9 Å². The fourth-order valence-electron chi connectivity index (χ4n) is 2.93. The minimum absolute atomic E-state index is 0.251. The molecule has 2 rings (SSSR count). The lowest BCUT2D eigenvalue weighted by atomic mass is 10.0. The van der Waals surface area contributed by atoms with Crippen molar-refractivity contribution in [1.29, 1.82) is 0 Å². The number of ether oxygens (including phenoxy) is 1. The van der Waals surface area contributed by atoms with Crippen molar-refractivity contribution in [2.75, 3.05) is 27.2 Å². The molecule has 0 radical (unpaired) electrons. The number of carbonyl (C=O) groups is 2. The normalized spacial score (nSPS) is 17.0. The molecule has 1 aliphatic rings. The van der Waals surface area contributed by atoms with Crippen molar-refractivity contribution in [1.82, 2.24) is 14.7 Å². The van der Waals surface area contributed by atoms with E-state index in [4.69, 9.17) is 4.74 Å². The van der Waals surface area contributed by atoms with Crippen LogP contribution in [0.3, 0.4) is 0 Å². The van der Waals surface area contributed by atoms with Crippen LogP contribution in [-0.4, -0.2) is 59.4 Å². The average molecular weight is 371 g/mol. The number of allylic oxidation sites excluding steroid dienone is 2. The molecule has 0 atom stereocenters. The summed E-state index contributed by atoms with van der Waals surface area (Å²) in [5, 5.41) is 0. The molecule has 0 saturated carbocycles. The first kappa shape index (κ1) is 20.7. The average Bonchev–Trinajstić information content (AvgIpc) is 2.77. The Hall–Kier alpha value is -2.60. The number of hydrogen-bond donors (Lipinski definition) is 0. The standard InChI is InChI=1S/C21H29N3O3/c1-7-17(8-2)24-19(25)21(3,4)23(20(24)26)15-16-10-9-11-18(14-16)27-13-12-22(5)6/h7-11,14H,1,12-13,15H2,2-6H3/b17-8+. The van der Waals surface area contributed by atoms with Gasteiger partial charge in [0.15, 0.2) is 0 Å². The molecule has 1 saturated heterocycles. The molecule has 1 aromatic carbocycles. The Morgan fingerprint density at radius 1 is 1.30 bits per heavy atom. The number of urea groups is 1. The van der Waals surface area contributed by atoms with Gasteiger partial charge in [0.1, 0.15) is 17.9 Å². The van der Waals surface area contributed by atoms with Gasteiger partial charge in [-0.3, -0.25) is 4.79 Å². The Kier molecular flexibility index (Phi) is 6.44. The molecule has 1 aromatic rings. The van der Waals surface area contributed by atoms with Gasteiger partial charge >= 0.3 is 6.03 Å². The van der Waals surface area contributed by atoms with Crippen LogP contribution >= 0.6 is 0 Å². The Labute approximate surface area is 161 Å². The van der Waals surface area contributed by atoms with Crippen molar-refractivity contribution in [3.05, 3.63) is 54.3 Å². The number of carbonyl (C=O) groups excluding carboxylic acids is 2. The predicted molar refractivity (Wildman–Crippen MR) is 106 cm³/mol.